The highest BCUT2D eigenvalue weighted by atomic mass is 15.0. The van der Waals surface area contributed by atoms with E-state index in [0.717, 1.165) is 6.42 Å². The van der Waals surface area contributed by atoms with Crippen LogP contribution in [0.4, 0.5) is 0 Å². The monoisotopic (exact) mass is 168 g/mol. The molecule has 0 bridgehead atoms. The van der Waals surface area contributed by atoms with Crippen LogP contribution in [0.2, 0.25) is 0 Å². The minimum absolute atomic E-state index is 0.222. The van der Waals surface area contributed by atoms with Crippen LogP contribution in [0.5, 0.6) is 0 Å². The van der Waals surface area contributed by atoms with Crippen molar-refractivity contribution in [3.63, 3.8) is 0 Å². The molecule has 0 aromatic heterocycles. The molecule has 2 heteroatoms. The quantitative estimate of drug-likeness (QED) is 0.622. The third kappa shape index (κ3) is 3.56. The molecule has 0 unspecified atom stereocenters. The number of hydrogen-bond acceptors (Lipinski definition) is 2. The highest BCUT2D eigenvalue weighted by molar-refractivity contribution is 5.66. The maximum Gasteiger partial charge on any atom is 0.0660 e. The van der Waals surface area contributed by atoms with Crippen molar-refractivity contribution in [2.45, 2.75) is 46.6 Å². The first kappa shape index (κ1) is 11.2. The summed E-state index contributed by atoms with van der Waals surface area (Å²) in [5.74, 6) is 0. The van der Waals surface area contributed by atoms with E-state index in [0.29, 0.717) is 0 Å². The molecule has 70 valence electrons. The molecule has 0 aliphatic carbocycles. The van der Waals surface area contributed by atoms with Gasteiger partial charge in [-0.2, -0.15) is 0 Å². The highest BCUT2D eigenvalue weighted by Gasteiger charge is 2.13. The Kier molecular flexibility index (Phi) is 4.01. The van der Waals surface area contributed by atoms with Gasteiger partial charge in [0.25, 0.3) is 0 Å². The predicted molar refractivity (Wildman–Crippen MR) is 54.7 cm³/mol. The van der Waals surface area contributed by atoms with E-state index in [1.165, 1.54) is 17.5 Å². The number of allylic oxidation sites excluding steroid dienone is 2. The molecule has 0 saturated carbocycles. The molecule has 0 aliphatic heterocycles. The van der Waals surface area contributed by atoms with Gasteiger partial charge >= 0.3 is 0 Å². The Balaban J connectivity index is 4.36. The Morgan fingerprint density at radius 1 is 1.42 bits per heavy atom. The number of hydrogen-bond donors (Lipinski definition) is 2. The van der Waals surface area contributed by atoms with Crippen molar-refractivity contribution in [1.82, 2.24) is 5.32 Å². The fourth-order valence-corrected chi connectivity index (χ4v) is 0.891. The first-order valence-electron chi connectivity index (χ1n) is 4.39. The molecule has 0 aliphatic rings. The second-order valence-corrected chi connectivity index (χ2v) is 3.75. The summed E-state index contributed by atoms with van der Waals surface area (Å²) in [7, 11) is 0. The van der Waals surface area contributed by atoms with Crippen LogP contribution >= 0.6 is 0 Å². The van der Waals surface area contributed by atoms with Gasteiger partial charge in [-0.3, -0.25) is 0 Å². The summed E-state index contributed by atoms with van der Waals surface area (Å²) in [5.41, 5.74) is 2.32. The average Bonchev–Trinajstić information content (AvgIpc) is 2.02. The normalized spacial score (nSPS) is 13.8. The summed E-state index contributed by atoms with van der Waals surface area (Å²) < 4.78 is 0. The van der Waals surface area contributed by atoms with Crippen LogP contribution < -0.4 is 5.32 Å². The Labute approximate surface area is 75.6 Å². The van der Waals surface area contributed by atoms with Crippen LogP contribution in [0.25, 0.3) is 0 Å². The van der Waals surface area contributed by atoms with Crippen molar-refractivity contribution < 1.29 is 0 Å². The van der Waals surface area contributed by atoms with Gasteiger partial charge in [-0.05, 0) is 34.1 Å². The molecule has 2 N–H and O–H groups in total. The maximum atomic E-state index is 7.19. The van der Waals surface area contributed by atoms with Crippen molar-refractivity contribution in [3.8, 4) is 0 Å². The predicted octanol–water partition coefficient (Wildman–Crippen LogP) is 2.71. The molecule has 0 heterocycles. The summed E-state index contributed by atoms with van der Waals surface area (Å²) in [6.07, 6.45) is 2.49. The Bertz CT molecular complexity index is 190. The topological polar surface area (TPSA) is 35.9 Å². The van der Waals surface area contributed by atoms with Gasteiger partial charge in [-0.15, -0.1) is 0 Å². The molecule has 0 atom stereocenters. The molecule has 0 aromatic carbocycles. The van der Waals surface area contributed by atoms with Gasteiger partial charge in [0, 0.05) is 11.9 Å². The van der Waals surface area contributed by atoms with Crippen LogP contribution in [-0.4, -0.2) is 11.8 Å². The average molecular weight is 168 g/mol. The zero-order chi connectivity index (χ0) is 9.78. The SMILES string of the molecule is CC/C(C)=C(/C)NC(C)(C)C=N. The Hall–Kier alpha value is -0.790. The third-order valence-electron chi connectivity index (χ3n) is 2.04. The van der Waals surface area contributed by atoms with Crippen molar-refractivity contribution in [3.05, 3.63) is 11.3 Å². The molecular weight excluding hydrogens is 148 g/mol. The molecule has 12 heavy (non-hydrogen) atoms. The van der Waals surface area contributed by atoms with Gasteiger partial charge in [-0.1, -0.05) is 12.5 Å². The fourth-order valence-electron chi connectivity index (χ4n) is 0.891. The summed E-state index contributed by atoms with van der Waals surface area (Å²) in [6.45, 7) is 10.3. The van der Waals surface area contributed by atoms with Gasteiger partial charge in [0.2, 0.25) is 0 Å². The summed E-state index contributed by atoms with van der Waals surface area (Å²) in [5, 5.41) is 10.5. The molecule has 0 saturated heterocycles. The minimum Gasteiger partial charge on any atom is -0.379 e. The van der Waals surface area contributed by atoms with Gasteiger partial charge in [0.05, 0.1) is 5.54 Å². The number of rotatable bonds is 4. The lowest BCUT2D eigenvalue weighted by Gasteiger charge is -2.23. The van der Waals surface area contributed by atoms with Crippen LogP contribution in [0.1, 0.15) is 41.0 Å². The van der Waals surface area contributed by atoms with Crippen LogP contribution in [0.15, 0.2) is 11.3 Å². The molecular formula is C10H20N2. The number of nitrogens with one attached hydrogen (secondary N) is 2. The lowest BCUT2D eigenvalue weighted by Crippen LogP contribution is -2.39. The summed E-state index contributed by atoms with van der Waals surface area (Å²) in [6, 6.07) is 0. The largest absolute Gasteiger partial charge is 0.379 e. The zero-order valence-electron chi connectivity index (χ0n) is 8.78. The molecule has 0 radical (unpaired) electrons. The lowest BCUT2D eigenvalue weighted by atomic mass is 10.1. The molecule has 0 fully saturated rings. The van der Waals surface area contributed by atoms with Crippen molar-refractivity contribution in [1.29, 1.82) is 5.41 Å². The van der Waals surface area contributed by atoms with Gasteiger partial charge in [-0.25, -0.2) is 0 Å². The smallest absolute Gasteiger partial charge is 0.0660 e. The van der Waals surface area contributed by atoms with E-state index in [2.05, 4.69) is 26.1 Å². The van der Waals surface area contributed by atoms with Gasteiger partial charge in [0.1, 0.15) is 0 Å². The lowest BCUT2D eigenvalue weighted by molar-refractivity contribution is 0.570. The minimum atomic E-state index is -0.222. The van der Waals surface area contributed by atoms with Crippen molar-refractivity contribution in [2.24, 2.45) is 0 Å². The van der Waals surface area contributed by atoms with E-state index in [9.17, 15) is 0 Å². The van der Waals surface area contributed by atoms with Crippen molar-refractivity contribution >= 4 is 6.21 Å². The second-order valence-electron chi connectivity index (χ2n) is 3.75. The Morgan fingerprint density at radius 3 is 2.25 bits per heavy atom. The van der Waals surface area contributed by atoms with Crippen LogP contribution in [0, 0.1) is 5.41 Å². The highest BCUT2D eigenvalue weighted by Crippen LogP contribution is 2.08. The molecule has 0 aromatic rings. The standard InChI is InChI=1S/C10H20N2/c1-6-8(2)9(3)12-10(4,5)7-11/h7,11-12H,6H2,1-5H3/b9-8-,11-7?. The first-order valence-corrected chi connectivity index (χ1v) is 4.39. The second kappa shape index (κ2) is 4.29. The maximum absolute atomic E-state index is 7.19. The van der Waals surface area contributed by atoms with E-state index in [-0.39, 0.29) is 5.54 Å². The van der Waals surface area contributed by atoms with Crippen molar-refractivity contribution in [2.75, 3.05) is 0 Å². The van der Waals surface area contributed by atoms with Crippen LogP contribution in [0.3, 0.4) is 0 Å². The summed E-state index contributed by atoms with van der Waals surface area (Å²) >= 11 is 0. The van der Waals surface area contributed by atoms with E-state index < -0.39 is 0 Å². The first-order chi connectivity index (χ1) is 5.43. The van der Waals surface area contributed by atoms with E-state index in [1.807, 2.05) is 13.8 Å². The van der Waals surface area contributed by atoms with Gasteiger partial charge in [0.15, 0.2) is 0 Å². The zero-order valence-corrected chi connectivity index (χ0v) is 8.78. The third-order valence-corrected chi connectivity index (χ3v) is 2.04. The molecule has 0 amide bonds. The molecule has 2 nitrogen and oxygen atoms in total. The van der Waals surface area contributed by atoms with Crippen LogP contribution in [-0.2, 0) is 0 Å². The molecule has 0 spiro atoms. The van der Waals surface area contributed by atoms with E-state index in [4.69, 9.17) is 5.41 Å². The van der Waals surface area contributed by atoms with Gasteiger partial charge < -0.3 is 10.7 Å². The Morgan fingerprint density at radius 2 is 1.92 bits per heavy atom. The van der Waals surface area contributed by atoms with E-state index in [1.54, 1.807) is 0 Å². The molecule has 0 rings (SSSR count). The van der Waals surface area contributed by atoms with E-state index >= 15 is 0 Å². The fraction of sp³-hybridized carbons (Fsp3) is 0.700. The summed E-state index contributed by atoms with van der Waals surface area (Å²) in [4.78, 5) is 0.